The molecular formula is C21H27N5O2. The van der Waals surface area contributed by atoms with Crippen molar-refractivity contribution >= 4 is 11.8 Å². The van der Waals surface area contributed by atoms with Gasteiger partial charge in [0.15, 0.2) is 0 Å². The van der Waals surface area contributed by atoms with Crippen molar-refractivity contribution in [3.8, 4) is 0 Å². The fraction of sp³-hybridized carbons (Fsp3) is 0.476. The first-order valence-electron chi connectivity index (χ1n) is 9.71. The molecule has 2 aliphatic heterocycles. The molecule has 0 aliphatic carbocycles. The number of hydrogen-bond acceptors (Lipinski definition) is 4. The van der Waals surface area contributed by atoms with Crippen LogP contribution in [0.3, 0.4) is 0 Å². The van der Waals surface area contributed by atoms with Crippen LogP contribution in [0.1, 0.15) is 23.9 Å². The summed E-state index contributed by atoms with van der Waals surface area (Å²) in [7, 11) is 5.54. The maximum atomic E-state index is 13.2. The molecule has 2 amide bonds. The second-order valence-corrected chi connectivity index (χ2v) is 8.01. The number of imidazole rings is 1. The van der Waals surface area contributed by atoms with Gasteiger partial charge in [0.05, 0.1) is 25.0 Å². The van der Waals surface area contributed by atoms with E-state index in [9.17, 15) is 9.59 Å². The number of carbonyl (C=O) groups is 2. The van der Waals surface area contributed by atoms with Crippen molar-refractivity contribution in [2.75, 3.05) is 27.2 Å². The zero-order valence-electron chi connectivity index (χ0n) is 16.7. The maximum Gasteiger partial charge on any atom is 0.237 e. The fourth-order valence-corrected chi connectivity index (χ4v) is 4.59. The largest absolute Gasteiger partial charge is 0.349 e. The van der Waals surface area contributed by atoms with Crippen molar-refractivity contribution in [3.63, 3.8) is 0 Å². The standard InChI is InChI=1S/C21H27N5O2/c1-23(2)21(28)17-11-16-12-25(13-18-22-9-10-24(18)3)14-19(27)26(16)20(17)15-7-5-4-6-8-15/h4-10,16-17,20H,11-14H2,1-3H3/t16-,17?,20?/m0/s1. The number of carbonyl (C=O) groups excluding carboxylic acids is 2. The third-order valence-corrected chi connectivity index (χ3v) is 5.90. The number of fused-ring (bicyclic) bond motifs is 1. The molecule has 3 heterocycles. The number of nitrogens with zero attached hydrogens (tertiary/aromatic N) is 5. The van der Waals surface area contributed by atoms with Gasteiger partial charge in [-0.25, -0.2) is 4.98 Å². The van der Waals surface area contributed by atoms with E-state index in [-0.39, 0.29) is 29.8 Å². The smallest absolute Gasteiger partial charge is 0.237 e. The van der Waals surface area contributed by atoms with Gasteiger partial charge in [-0.05, 0) is 12.0 Å². The molecule has 0 saturated carbocycles. The minimum absolute atomic E-state index is 0.0422. The van der Waals surface area contributed by atoms with Crippen LogP contribution in [0.5, 0.6) is 0 Å². The van der Waals surface area contributed by atoms with Crippen LogP contribution in [0.25, 0.3) is 0 Å². The highest BCUT2D eigenvalue weighted by atomic mass is 16.2. The van der Waals surface area contributed by atoms with Crippen LogP contribution in [0.4, 0.5) is 0 Å². The Morgan fingerprint density at radius 3 is 2.64 bits per heavy atom. The van der Waals surface area contributed by atoms with E-state index in [4.69, 9.17) is 0 Å². The number of piperazine rings is 1. The molecule has 0 N–H and O–H groups in total. The molecule has 1 aromatic carbocycles. The molecular weight excluding hydrogens is 354 g/mol. The van der Waals surface area contributed by atoms with Crippen LogP contribution in [-0.4, -0.2) is 69.3 Å². The third kappa shape index (κ3) is 3.30. The summed E-state index contributed by atoms with van der Waals surface area (Å²) < 4.78 is 1.98. The van der Waals surface area contributed by atoms with Crippen molar-refractivity contribution in [1.29, 1.82) is 0 Å². The van der Waals surface area contributed by atoms with E-state index in [1.807, 2.05) is 53.0 Å². The lowest BCUT2D eigenvalue weighted by atomic mass is 9.92. The molecule has 2 aromatic rings. The van der Waals surface area contributed by atoms with E-state index in [2.05, 4.69) is 9.88 Å². The first kappa shape index (κ1) is 18.7. The molecule has 2 unspecified atom stereocenters. The Morgan fingerprint density at radius 1 is 1.25 bits per heavy atom. The first-order valence-corrected chi connectivity index (χ1v) is 9.71. The van der Waals surface area contributed by atoms with Crippen LogP contribution in [-0.2, 0) is 23.2 Å². The highest BCUT2D eigenvalue weighted by molar-refractivity contribution is 5.85. The lowest BCUT2D eigenvalue weighted by Crippen LogP contribution is -2.54. The molecule has 0 radical (unpaired) electrons. The molecule has 28 heavy (non-hydrogen) atoms. The normalized spacial score (nSPS) is 25.0. The molecule has 7 nitrogen and oxygen atoms in total. The van der Waals surface area contributed by atoms with Gasteiger partial charge < -0.3 is 14.4 Å². The minimum atomic E-state index is -0.209. The van der Waals surface area contributed by atoms with Crippen LogP contribution in [0.15, 0.2) is 42.7 Å². The summed E-state index contributed by atoms with van der Waals surface area (Å²) in [5.74, 6) is 0.916. The van der Waals surface area contributed by atoms with Gasteiger partial charge in [0.25, 0.3) is 0 Å². The van der Waals surface area contributed by atoms with E-state index in [0.29, 0.717) is 19.5 Å². The quantitative estimate of drug-likeness (QED) is 0.801. The Bertz CT molecular complexity index is 863. The number of rotatable bonds is 4. The summed E-state index contributed by atoms with van der Waals surface area (Å²) in [6.07, 6.45) is 4.39. The lowest BCUT2D eigenvalue weighted by molar-refractivity contribution is -0.142. The van der Waals surface area contributed by atoms with Gasteiger partial charge in [-0.1, -0.05) is 30.3 Å². The van der Waals surface area contributed by atoms with E-state index >= 15 is 0 Å². The number of aryl methyl sites for hydroxylation is 1. The Kier molecular flexibility index (Phi) is 4.93. The monoisotopic (exact) mass is 381 g/mol. The summed E-state index contributed by atoms with van der Waals surface area (Å²) in [5.41, 5.74) is 1.04. The summed E-state index contributed by atoms with van der Waals surface area (Å²) in [5, 5.41) is 0. The maximum absolute atomic E-state index is 13.2. The summed E-state index contributed by atoms with van der Waals surface area (Å²) in [4.78, 5) is 36.2. The third-order valence-electron chi connectivity index (χ3n) is 5.90. The van der Waals surface area contributed by atoms with Gasteiger partial charge in [-0.3, -0.25) is 14.5 Å². The Labute approximate surface area is 165 Å². The van der Waals surface area contributed by atoms with E-state index in [1.54, 1.807) is 25.2 Å². The molecule has 2 fully saturated rings. The van der Waals surface area contributed by atoms with Crippen LogP contribution in [0.2, 0.25) is 0 Å². The highest BCUT2D eigenvalue weighted by Gasteiger charge is 2.50. The average Bonchev–Trinajstić information content (AvgIpc) is 3.25. The van der Waals surface area contributed by atoms with Crippen molar-refractivity contribution in [3.05, 3.63) is 54.1 Å². The zero-order valence-corrected chi connectivity index (χ0v) is 16.7. The first-order chi connectivity index (χ1) is 13.5. The molecule has 148 valence electrons. The molecule has 1 aromatic heterocycles. The van der Waals surface area contributed by atoms with Gasteiger partial charge >= 0.3 is 0 Å². The minimum Gasteiger partial charge on any atom is -0.349 e. The van der Waals surface area contributed by atoms with Crippen molar-refractivity contribution in [2.45, 2.75) is 25.0 Å². The zero-order chi connectivity index (χ0) is 19.8. The molecule has 0 bridgehead atoms. The van der Waals surface area contributed by atoms with Gasteiger partial charge in [-0.15, -0.1) is 0 Å². The Morgan fingerprint density at radius 2 is 2.00 bits per heavy atom. The van der Waals surface area contributed by atoms with Gasteiger partial charge in [-0.2, -0.15) is 0 Å². The van der Waals surface area contributed by atoms with Crippen LogP contribution in [0, 0.1) is 5.92 Å². The predicted molar refractivity (Wildman–Crippen MR) is 105 cm³/mol. The molecule has 2 aliphatic rings. The predicted octanol–water partition coefficient (Wildman–Crippen LogP) is 1.28. The lowest BCUT2D eigenvalue weighted by Gasteiger charge is -2.40. The number of amides is 2. The molecule has 7 heteroatoms. The summed E-state index contributed by atoms with van der Waals surface area (Å²) in [6.45, 7) is 1.76. The molecule has 0 spiro atoms. The number of aromatic nitrogens is 2. The molecule has 4 rings (SSSR count). The van der Waals surface area contributed by atoms with Gasteiger partial charge in [0, 0.05) is 46.1 Å². The summed E-state index contributed by atoms with van der Waals surface area (Å²) >= 11 is 0. The summed E-state index contributed by atoms with van der Waals surface area (Å²) in [6, 6.07) is 9.81. The van der Waals surface area contributed by atoms with E-state index in [0.717, 1.165) is 17.9 Å². The van der Waals surface area contributed by atoms with Crippen molar-refractivity contribution in [1.82, 2.24) is 24.3 Å². The number of hydrogen-bond donors (Lipinski definition) is 0. The SMILES string of the molecule is CN(C)C(=O)C1C[C@H]2CN(Cc3nccn3C)CC(=O)N2C1c1ccccc1. The number of benzene rings is 1. The second-order valence-electron chi connectivity index (χ2n) is 8.01. The van der Waals surface area contributed by atoms with Crippen molar-refractivity contribution < 1.29 is 9.59 Å². The van der Waals surface area contributed by atoms with Crippen LogP contribution >= 0.6 is 0 Å². The Hall–Kier alpha value is -2.67. The topological polar surface area (TPSA) is 61.7 Å². The van der Waals surface area contributed by atoms with Gasteiger partial charge in [0.2, 0.25) is 11.8 Å². The highest BCUT2D eigenvalue weighted by Crippen LogP contribution is 2.43. The fourth-order valence-electron chi connectivity index (χ4n) is 4.59. The molecule has 2 saturated heterocycles. The van der Waals surface area contributed by atoms with E-state index in [1.165, 1.54) is 0 Å². The average molecular weight is 381 g/mol. The van der Waals surface area contributed by atoms with Crippen LogP contribution < -0.4 is 0 Å². The molecule has 3 atom stereocenters. The van der Waals surface area contributed by atoms with Gasteiger partial charge in [0.1, 0.15) is 5.82 Å². The second kappa shape index (κ2) is 7.39. The van der Waals surface area contributed by atoms with E-state index < -0.39 is 0 Å². The van der Waals surface area contributed by atoms with Crippen molar-refractivity contribution in [2.24, 2.45) is 13.0 Å². The Balaban J connectivity index is 1.61.